The van der Waals surface area contributed by atoms with Gasteiger partial charge in [-0.25, -0.2) is 4.39 Å². The van der Waals surface area contributed by atoms with Gasteiger partial charge in [0, 0.05) is 46.9 Å². The smallest absolute Gasteiger partial charge is 0.308 e. The number of thiophene rings is 1. The Morgan fingerprint density at radius 1 is 1.25 bits per heavy atom. The number of aromatic nitrogens is 1. The lowest BCUT2D eigenvalue weighted by atomic mass is 9.73. The molecular weight excluding hydrogens is 427 g/mol. The molecule has 0 spiro atoms. The van der Waals surface area contributed by atoms with Gasteiger partial charge in [0.2, 0.25) is 5.91 Å². The molecule has 1 aliphatic heterocycles. The van der Waals surface area contributed by atoms with Crippen molar-refractivity contribution < 1.29 is 19.1 Å². The second kappa shape index (κ2) is 9.06. The van der Waals surface area contributed by atoms with Crippen LogP contribution in [0.3, 0.4) is 0 Å². The van der Waals surface area contributed by atoms with E-state index in [0.29, 0.717) is 10.9 Å². The number of benzene rings is 1. The van der Waals surface area contributed by atoms with Gasteiger partial charge in [-0.1, -0.05) is 26.0 Å². The van der Waals surface area contributed by atoms with E-state index in [1.807, 2.05) is 23.6 Å². The van der Waals surface area contributed by atoms with Crippen molar-refractivity contribution in [3.8, 4) is 0 Å². The third kappa shape index (κ3) is 3.94. The van der Waals surface area contributed by atoms with Crippen molar-refractivity contribution in [2.75, 3.05) is 6.54 Å². The molecule has 1 saturated heterocycles. The van der Waals surface area contributed by atoms with E-state index in [0.717, 1.165) is 36.1 Å². The van der Waals surface area contributed by atoms with Gasteiger partial charge in [-0.05, 0) is 54.3 Å². The number of nitrogens with zero attached hydrogens (tertiary/aromatic N) is 1. The number of H-pyrrole nitrogens is 1. The SMILES string of the molecule is C.O=C(O)C1CN(C(=O)CC(c2cccs2)c2c[nH]c3cccc(F)c23)C2CCCC1C2. The molecule has 5 nitrogen and oxygen atoms in total. The molecule has 2 N–H and O–H groups in total. The molecule has 170 valence electrons. The predicted octanol–water partition coefficient (Wildman–Crippen LogP) is 5.63. The zero-order valence-electron chi connectivity index (χ0n) is 17.1. The van der Waals surface area contributed by atoms with Crippen LogP contribution in [0.5, 0.6) is 0 Å². The molecule has 1 saturated carbocycles. The fourth-order valence-electron chi connectivity index (χ4n) is 5.53. The highest BCUT2D eigenvalue weighted by molar-refractivity contribution is 7.10. The maximum atomic E-state index is 14.7. The first-order chi connectivity index (χ1) is 15.0. The fourth-order valence-corrected chi connectivity index (χ4v) is 6.38. The molecule has 32 heavy (non-hydrogen) atoms. The van der Waals surface area contributed by atoms with Crippen molar-refractivity contribution in [3.05, 3.63) is 58.2 Å². The number of carbonyl (C=O) groups is 2. The third-order valence-corrected chi connectivity index (χ3v) is 8.04. The summed E-state index contributed by atoms with van der Waals surface area (Å²) >= 11 is 1.55. The highest BCUT2D eigenvalue weighted by Crippen LogP contribution is 2.41. The highest BCUT2D eigenvalue weighted by atomic mass is 32.1. The molecule has 2 aromatic heterocycles. The van der Waals surface area contributed by atoms with E-state index in [1.165, 1.54) is 6.07 Å². The number of fused-ring (bicyclic) bond motifs is 3. The largest absolute Gasteiger partial charge is 0.481 e. The van der Waals surface area contributed by atoms with Gasteiger partial charge in [0.25, 0.3) is 0 Å². The van der Waals surface area contributed by atoms with Crippen LogP contribution in [-0.4, -0.2) is 39.5 Å². The number of rotatable bonds is 5. The minimum atomic E-state index is -0.809. The summed E-state index contributed by atoms with van der Waals surface area (Å²) in [4.78, 5) is 31.3. The lowest BCUT2D eigenvalue weighted by Crippen LogP contribution is -2.54. The van der Waals surface area contributed by atoms with Crippen LogP contribution < -0.4 is 0 Å². The highest BCUT2D eigenvalue weighted by Gasteiger charge is 2.43. The summed E-state index contributed by atoms with van der Waals surface area (Å²) < 4.78 is 14.7. The van der Waals surface area contributed by atoms with Crippen molar-refractivity contribution in [1.82, 2.24) is 9.88 Å². The van der Waals surface area contributed by atoms with Gasteiger partial charge in [-0.15, -0.1) is 11.3 Å². The predicted molar refractivity (Wildman–Crippen MR) is 124 cm³/mol. The number of nitrogens with one attached hydrogen (secondary N) is 1. The summed E-state index contributed by atoms with van der Waals surface area (Å²) in [5.41, 5.74) is 1.49. The molecule has 1 aromatic carbocycles. The Kier molecular flexibility index (Phi) is 6.38. The molecule has 7 heteroatoms. The monoisotopic (exact) mass is 456 g/mol. The second-order valence-electron chi connectivity index (χ2n) is 8.75. The van der Waals surface area contributed by atoms with E-state index in [-0.39, 0.29) is 50.0 Å². The number of carboxylic acids is 1. The van der Waals surface area contributed by atoms with Crippen LogP contribution in [0.2, 0.25) is 0 Å². The van der Waals surface area contributed by atoms with Gasteiger partial charge >= 0.3 is 5.97 Å². The van der Waals surface area contributed by atoms with Crippen LogP contribution >= 0.6 is 11.3 Å². The molecule has 4 unspecified atom stereocenters. The normalized spacial score (nSPS) is 23.5. The topological polar surface area (TPSA) is 73.4 Å². The molecular formula is C25H29FN2O3S. The van der Waals surface area contributed by atoms with E-state index in [4.69, 9.17) is 0 Å². The number of piperidine rings is 1. The first-order valence-electron chi connectivity index (χ1n) is 10.8. The van der Waals surface area contributed by atoms with Crippen LogP contribution in [0, 0.1) is 17.7 Å². The summed E-state index contributed by atoms with van der Waals surface area (Å²) in [6.45, 7) is 0.281. The number of aliphatic carboxylic acids is 1. The Bertz CT molecular complexity index is 1110. The summed E-state index contributed by atoms with van der Waals surface area (Å²) in [5, 5.41) is 12.2. The van der Waals surface area contributed by atoms with Crippen molar-refractivity contribution >= 4 is 34.1 Å². The van der Waals surface area contributed by atoms with E-state index >= 15 is 0 Å². The number of aromatic amines is 1. The molecule has 2 bridgehead atoms. The lowest BCUT2D eigenvalue weighted by molar-refractivity contribution is -0.152. The Morgan fingerprint density at radius 2 is 2.09 bits per heavy atom. The zero-order chi connectivity index (χ0) is 21.5. The van der Waals surface area contributed by atoms with E-state index in [1.54, 1.807) is 28.5 Å². The Morgan fingerprint density at radius 3 is 2.84 bits per heavy atom. The Hall–Kier alpha value is -2.67. The maximum Gasteiger partial charge on any atom is 0.308 e. The van der Waals surface area contributed by atoms with E-state index in [2.05, 4.69) is 4.98 Å². The second-order valence-corrected chi connectivity index (χ2v) is 9.73. The first kappa shape index (κ1) is 22.5. The number of likely N-dealkylation sites (tertiary alicyclic amines) is 1. The van der Waals surface area contributed by atoms with Gasteiger partial charge in [0.1, 0.15) is 5.82 Å². The molecule has 2 aliphatic rings. The Balaban J connectivity index is 0.00000245. The summed E-state index contributed by atoms with van der Waals surface area (Å²) in [5.74, 6) is -1.76. The van der Waals surface area contributed by atoms with Crippen molar-refractivity contribution in [1.29, 1.82) is 0 Å². The van der Waals surface area contributed by atoms with Crippen LogP contribution in [0.15, 0.2) is 41.9 Å². The number of halogens is 1. The minimum absolute atomic E-state index is 0. The number of carboxylic acid groups (broad SMARTS) is 1. The molecule has 1 amide bonds. The molecule has 3 heterocycles. The van der Waals surface area contributed by atoms with Crippen LogP contribution in [0.25, 0.3) is 10.9 Å². The number of amides is 1. The van der Waals surface area contributed by atoms with Crippen LogP contribution in [-0.2, 0) is 9.59 Å². The molecule has 4 atom stereocenters. The van der Waals surface area contributed by atoms with Gasteiger partial charge in [-0.2, -0.15) is 0 Å². The van der Waals surface area contributed by atoms with Gasteiger partial charge in [0.15, 0.2) is 0 Å². The number of hydrogen-bond acceptors (Lipinski definition) is 3. The zero-order valence-corrected chi connectivity index (χ0v) is 17.9. The summed E-state index contributed by atoms with van der Waals surface area (Å²) in [7, 11) is 0. The van der Waals surface area contributed by atoms with Crippen molar-refractivity contribution in [3.63, 3.8) is 0 Å². The lowest BCUT2D eigenvalue weighted by Gasteiger charge is -2.46. The van der Waals surface area contributed by atoms with Gasteiger partial charge < -0.3 is 15.0 Å². The number of carbonyl (C=O) groups excluding carboxylic acids is 1. The molecule has 1 aliphatic carbocycles. The molecule has 0 radical (unpaired) electrons. The maximum absolute atomic E-state index is 14.7. The average Bonchev–Trinajstić information content (AvgIpc) is 3.43. The first-order valence-corrected chi connectivity index (χ1v) is 11.7. The van der Waals surface area contributed by atoms with Crippen molar-refractivity contribution in [2.24, 2.45) is 11.8 Å². The molecule has 3 aromatic rings. The number of hydrogen-bond donors (Lipinski definition) is 2. The van der Waals surface area contributed by atoms with Gasteiger partial charge in [0.05, 0.1) is 5.92 Å². The summed E-state index contributed by atoms with van der Waals surface area (Å²) in [6.07, 6.45) is 5.61. The fraction of sp³-hybridized carbons (Fsp3) is 0.440. The van der Waals surface area contributed by atoms with Crippen molar-refractivity contribution in [2.45, 2.75) is 51.5 Å². The quantitative estimate of drug-likeness (QED) is 0.523. The minimum Gasteiger partial charge on any atom is -0.481 e. The third-order valence-electron chi connectivity index (χ3n) is 7.05. The van der Waals surface area contributed by atoms with Crippen LogP contribution in [0.1, 0.15) is 55.9 Å². The molecule has 5 rings (SSSR count). The van der Waals surface area contributed by atoms with E-state index < -0.39 is 11.9 Å². The molecule has 2 fully saturated rings. The Labute approximate surface area is 191 Å². The summed E-state index contributed by atoms with van der Waals surface area (Å²) in [6, 6.07) is 8.98. The van der Waals surface area contributed by atoms with E-state index in [9.17, 15) is 19.1 Å². The average molecular weight is 457 g/mol. The van der Waals surface area contributed by atoms with Gasteiger partial charge in [-0.3, -0.25) is 9.59 Å². The van der Waals surface area contributed by atoms with Crippen LogP contribution in [0.4, 0.5) is 4.39 Å². The standard InChI is InChI=1S/C24H25FN2O3S.CH4/c25-19-6-2-7-20-23(19)17(12-26-20)16(21-8-3-9-31-21)11-22(28)27-13-18(24(29)30)14-4-1-5-15(27)10-14;/h2-3,6-9,12,14-16,18,26H,1,4-5,10-11,13H2,(H,29,30);1H4.